The Balaban J connectivity index is 1.13. The summed E-state index contributed by atoms with van der Waals surface area (Å²) < 4.78 is 0. The topological polar surface area (TPSA) is 6.48 Å². The van der Waals surface area contributed by atoms with Crippen LogP contribution in [0.25, 0.3) is 55.6 Å². The molecule has 0 bridgehead atoms. The van der Waals surface area contributed by atoms with Crippen molar-refractivity contribution in [2.75, 3.05) is 9.62 Å². The molecular weight excluding hydrogens is 626 g/mol. The smallest absolute Gasteiger partial charge is 0.329 e. The number of fused-ring (bicyclic) bond motifs is 16. The standard InChI is InChI=1S/C48H30B2N2/c1-3-13-31(14-4-1)33-25-27-43-37(29-33)35-17-7-9-19-39(35)49-41-21-11-22-42-47(41)48-45(51(43)49)23-12-24-46(48)52-44-28-26-34(32-15-5-2-6-16-32)30-38(44)36-18-8-10-20-40(36)50(42)52/h1-30H. The van der Waals surface area contributed by atoms with Gasteiger partial charge < -0.3 is 9.62 Å². The van der Waals surface area contributed by atoms with Gasteiger partial charge in [-0.25, -0.2) is 0 Å². The molecule has 0 saturated carbocycles. The first-order chi connectivity index (χ1) is 25.8. The summed E-state index contributed by atoms with van der Waals surface area (Å²) in [5, 5.41) is 0. The van der Waals surface area contributed by atoms with Crippen molar-refractivity contribution in [2.45, 2.75) is 0 Å². The largest absolute Gasteiger partial charge is 0.376 e. The Morgan fingerprint density at radius 3 is 1.19 bits per heavy atom. The minimum absolute atomic E-state index is 0.0649. The van der Waals surface area contributed by atoms with Crippen molar-refractivity contribution in [3.8, 4) is 55.6 Å². The molecule has 0 fully saturated rings. The molecule has 2 nitrogen and oxygen atoms in total. The van der Waals surface area contributed by atoms with Crippen molar-refractivity contribution in [1.29, 1.82) is 0 Å². The number of hydrogen-bond acceptors (Lipinski definition) is 2. The van der Waals surface area contributed by atoms with E-state index in [-0.39, 0.29) is 13.7 Å². The first kappa shape index (κ1) is 28.2. The van der Waals surface area contributed by atoms with Crippen LogP contribution >= 0.6 is 0 Å². The van der Waals surface area contributed by atoms with Crippen LogP contribution in [-0.4, -0.2) is 13.7 Å². The maximum Gasteiger partial charge on any atom is 0.329 e. The van der Waals surface area contributed by atoms with Gasteiger partial charge in [-0.05, 0) is 97.2 Å². The summed E-state index contributed by atoms with van der Waals surface area (Å²) in [7, 11) is 0. The molecule has 4 heteroatoms. The second-order valence-electron chi connectivity index (χ2n) is 14.4. The molecule has 0 radical (unpaired) electrons. The highest BCUT2D eigenvalue weighted by Gasteiger charge is 2.49. The van der Waals surface area contributed by atoms with Crippen LogP contribution in [0.15, 0.2) is 182 Å². The van der Waals surface area contributed by atoms with Crippen LogP contribution in [0.1, 0.15) is 0 Å². The summed E-state index contributed by atoms with van der Waals surface area (Å²) in [6.07, 6.45) is 0. The molecule has 0 aromatic heterocycles. The highest BCUT2D eigenvalue weighted by atomic mass is 15.1. The Morgan fingerprint density at radius 1 is 0.269 bits per heavy atom. The molecule has 0 spiro atoms. The van der Waals surface area contributed by atoms with Crippen LogP contribution in [0.4, 0.5) is 22.7 Å². The Labute approximate surface area is 304 Å². The summed E-state index contributed by atoms with van der Waals surface area (Å²) in [6.45, 7) is 0.130. The van der Waals surface area contributed by atoms with Crippen LogP contribution < -0.4 is 31.5 Å². The fourth-order valence-electron chi connectivity index (χ4n) is 9.73. The summed E-state index contributed by atoms with van der Waals surface area (Å²) in [5.74, 6) is 0. The van der Waals surface area contributed by atoms with E-state index in [1.807, 2.05) is 0 Å². The van der Waals surface area contributed by atoms with Crippen molar-refractivity contribution in [1.82, 2.24) is 0 Å². The number of benzene rings is 8. The predicted molar refractivity (Wildman–Crippen MR) is 221 cm³/mol. The molecule has 8 aromatic rings. The quantitative estimate of drug-likeness (QED) is 0.171. The predicted octanol–water partition coefficient (Wildman–Crippen LogP) is 9.16. The van der Waals surface area contributed by atoms with E-state index in [0.717, 1.165) is 0 Å². The van der Waals surface area contributed by atoms with Gasteiger partial charge >= 0.3 is 13.7 Å². The summed E-state index contributed by atoms with van der Waals surface area (Å²) in [5.41, 5.74) is 23.4. The lowest BCUT2D eigenvalue weighted by atomic mass is 9.37. The van der Waals surface area contributed by atoms with E-state index in [0.29, 0.717) is 0 Å². The number of anilines is 4. The van der Waals surface area contributed by atoms with Crippen LogP contribution in [0.2, 0.25) is 0 Å². The third kappa shape index (κ3) is 3.71. The first-order valence-electron chi connectivity index (χ1n) is 18.3. The molecule has 12 rings (SSSR count). The van der Waals surface area contributed by atoms with Crippen molar-refractivity contribution in [3.63, 3.8) is 0 Å². The Bertz CT molecular complexity index is 2590. The van der Waals surface area contributed by atoms with Crippen molar-refractivity contribution in [2.24, 2.45) is 0 Å². The Morgan fingerprint density at radius 2 is 0.692 bits per heavy atom. The van der Waals surface area contributed by atoms with Gasteiger partial charge in [0.25, 0.3) is 0 Å². The average molecular weight is 656 g/mol. The lowest BCUT2D eigenvalue weighted by Gasteiger charge is -2.49. The molecule has 4 heterocycles. The van der Waals surface area contributed by atoms with Crippen LogP contribution in [-0.2, 0) is 0 Å². The zero-order valence-electron chi connectivity index (χ0n) is 28.4. The van der Waals surface area contributed by atoms with E-state index in [4.69, 9.17) is 0 Å². The van der Waals surface area contributed by atoms with Crippen molar-refractivity contribution >= 4 is 58.3 Å². The van der Waals surface area contributed by atoms with E-state index in [9.17, 15) is 0 Å². The zero-order valence-corrected chi connectivity index (χ0v) is 28.4. The summed E-state index contributed by atoms with van der Waals surface area (Å²) in [6, 6.07) is 67.9. The maximum absolute atomic E-state index is 2.63. The number of nitrogens with zero attached hydrogens (tertiary/aromatic N) is 2. The minimum Gasteiger partial charge on any atom is -0.376 e. The molecule has 52 heavy (non-hydrogen) atoms. The van der Waals surface area contributed by atoms with Crippen LogP contribution in [0.5, 0.6) is 0 Å². The fraction of sp³-hybridized carbons (Fsp3) is 0. The highest BCUT2D eigenvalue weighted by molar-refractivity contribution is 6.97. The van der Waals surface area contributed by atoms with E-state index in [2.05, 4.69) is 192 Å². The summed E-state index contributed by atoms with van der Waals surface area (Å²) >= 11 is 0. The van der Waals surface area contributed by atoms with Gasteiger partial charge in [0.05, 0.1) is 0 Å². The van der Waals surface area contributed by atoms with Crippen LogP contribution in [0.3, 0.4) is 0 Å². The monoisotopic (exact) mass is 656 g/mol. The van der Waals surface area contributed by atoms with Gasteiger partial charge in [0.15, 0.2) is 0 Å². The first-order valence-corrected chi connectivity index (χ1v) is 18.3. The summed E-state index contributed by atoms with van der Waals surface area (Å²) in [4.78, 5) is 5.27. The minimum atomic E-state index is 0.0649. The van der Waals surface area contributed by atoms with E-state index >= 15 is 0 Å². The molecule has 0 amide bonds. The van der Waals surface area contributed by atoms with Crippen molar-refractivity contribution in [3.05, 3.63) is 182 Å². The SMILES string of the molecule is c1ccc(-c2ccc3c(c2)-c2ccccc2B2c4cccc5c4-c4c(cccc4N4B5c5ccccc5-c5cc(-c6ccccc6)ccc54)N23)cc1. The average Bonchev–Trinajstić information content (AvgIpc) is 3.23. The van der Waals surface area contributed by atoms with Gasteiger partial charge in [-0.1, -0.05) is 146 Å². The third-order valence-corrected chi connectivity index (χ3v) is 11.8. The maximum atomic E-state index is 2.63. The molecule has 0 saturated heterocycles. The van der Waals surface area contributed by atoms with Gasteiger partial charge in [-0.3, -0.25) is 0 Å². The van der Waals surface area contributed by atoms with Crippen LogP contribution in [0, 0.1) is 0 Å². The third-order valence-electron chi connectivity index (χ3n) is 11.8. The number of hydrogen-bond donors (Lipinski definition) is 0. The molecular formula is C48H30B2N2. The lowest BCUT2D eigenvalue weighted by molar-refractivity contribution is 1.30. The highest BCUT2D eigenvalue weighted by Crippen LogP contribution is 2.53. The zero-order chi connectivity index (χ0) is 33.9. The second kappa shape index (κ2) is 10.5. The van der Waals surface area contributed by atoms with Crippen molar-refractivity contribution < 1.29 is 0 Å². The van der Waals surface area contributed by atoms with E-state index in [1.54, 1.807) is 0 Å². The molecule has 238 valence electrons. The van der Waals surface area contributed by atoms with E-state index in [1.165, 1.54) is 100 Å². The van der Waals surface area contributed by atoms with Gasteiger partial charge in [0.2, 0.25) is 0 Å². The van der Waals surface area contributed by atoms with Gasteiger partial charge in [-0.15, -0.1) is 0 Å². The molecule has 0 N–H and O–H groups in total. The normalized spacial score (nSPS) is 13.6. The van der Waals surface area contributed by atoms with Gasteiger partial charge in [-0.2, -0.15) is 0 Å². The van der Waals surface area contributed by atoms with Gasteiger partial charge in [0, 0.05) is 39.4 Å². The molecule has 8 aromatic carbocycles. The Hall–Kier alpha value is -6.51. The molecule has 4 aliphatic heterocycles. The molecule has 0 unspecified atom stereocenters. The molecule has 4 aliphatic rings. The second-order valence-corrected chi connectivity index (χ2v) is 14.4. The number of rotatable bonds is 2. The van der Waals surface area contributed by atoms with E-state index < -0.39 is 0 Å². The molecule has 0 aliphatic carbocycles. The van der Waals surface area contributed by atoms with Gasteiger partial charge in [0.1, 0.15) is 0 Å². The Kier molecular flexibility index (Phi) is 5.70. The molecule has 0 atom stereocenters. The fourth-order valence-corrected chi connectivity index (χ4v) is 9.73. The lowest BCUT2D eigenvalue weighted by Crippen LogP contribution is -2.65.